The molecule has 0 spiro atoms. The van der Waals surface area contributed by atoms with Crippen molar-refractivity contribution >= 4 is 11.8 Å². The summed E-state index contributed by atoms with van der Waals surface area (Å²) in [5, 5.41) is 8.63. The van der Waals surface area contributed by atoms with Crippen molar-refractivity contribution in [3.05, 3.63) is 11.6 Å². The van der Waals surface area contributed by atoms with Gasteiger partial charge < -0.3 is 5.11 Å². The number of aliphatic carboxylic acids is 1. The largest absolute Gasteiger partial charge is 0.478 e. The summed E-state index contributed by atoms with van der Waals surface area (Å²) >= 11 is 0. The molecule has 0 aromatic carbocycles. The Morgan fingerprint density at radius 3 is 2.46 bits per heavy atom. The molecule has 0 unspecified atom stereocenters. The predicted octanol–water partition coefficient (Wildman–Crippen LogP) is 1.78. The van der Waals surface area contributed by atoms with Gasteiger partial charge in [0.1, 0.15) is 5.78 Å². The number of carboxylic acids is 1. The van der Waals surface area contributed by atoms with Gasteiger partial charge in [0.15, 0.2) is 0 Å². The van der Waals surface area contributed by atoms with Crippen LogP contribution in [0.25, 0.3) is 0 Å². The third-order valence-electron chi connectivity index (χ3n) is 2.41. The fourth-order valence-electron chi connectivity index (χ4n) is 1.55. The molecule has 1 N–H and O–H groups in total. The molecule has 1 rings (SSSR count). The van der Waals surface area contributed by atoms with Crippen LogP contribution in [0.2, 0.25) is 0 Å². The molecule has 1 saturated carbocycles. The molecule has 1 fully saturated rings. The Morgan fingerprint density at radius 2 is 2.00 bits per heavy atom. The summed E-state index contributed by atoms with van der Waals surface area (Å²) in [6.07, 6.45) is 4.60. The molecule has 1 aliphatic carbocycles. The van der Waals surface area contributed by atoms with Gasteiger partial charge in [0.05, 0.1) is 0 Å². The molecule has 0 aromatic heterocycles. The highest BCUT2D eigenvalue weighted by Crippen LogP contribution is 2.23. The summed E-state index contributed by atoms with van der Waals surface area (Å²) in [6, 6.07) is 0. The average Bonchev–Trinajstić information content (AvgIpc) is 2.08. The Labute approximate surface area is 77.4 Å². The van der Waals surface area contributed by atoms with Crippen LogP contribution in [-0.4, -0.2) is 16.9 Å². The van der Waals surface area contributed by atoms with Crippen LogP contribution in [0.15, 0.2) is 11.6 Å². The quantitative estimate of drug-likeness (QED) is 0.662. The SMILES string of the molecule is CC(=CC1CCC(=O)CC1)C(=O)O. The summed E-state index contributed by atoms with van der Waals surface area (Å²) in [6.45, 7) is 1.60. The van der Waals surface area contributed by atoms with Gasteiger partial charge in [-0.3, -0.25) is 4.79 Å². The van der Waals surface area contributed by atoms with Crippen LogP contribution >= 0.6 is 0 Å². The number of Topliss-reactive ketones (excluding diaryl/α,β-unsaturated/α-hetero) is 1. The van der Waals surface area contributed by atoms with Crippen LogP contribution in [0.4, 0.5) is 0 Å². The van der Waals surface area contributed by atoms with Crippen molar-refractivity contribution in [3.63, 3.8) is 0 Å². The lowest BCUT2D eigenvalue weighted by Crippen LogP contribution is -2.13. The molecule has 0 aliphatic heterocycles. The Balaban J connectivity index is 2.50. The van der Waals surface area contributed by atoms with Gasteiger partial charge in [0.2, 0.25) is 0 Å². The molecule has 0 radical (unpaired) electrons. The molecule has 0 amide bonds. The second-order valence-electron chi connectivity index (χ2n) is 3.53. The van der Waals surface area contributed by atoms with Crippen molar-refractivity contribution in [3.8, 4) is 0 Å². The molecule has 0 bridgehead atoms. The van der Waals surface area contributed by atoms with Gasteiger partial charge >= 0.3 is 5.97 Å². The number of carbonyl (C=O) groups is 2. The summed E-state index contributed by atoms with van der Waals surface area (Å²) in [4.78, 5) is 21.4. The van der Waals surface area contributed by atoms with E-state index in [2.05, 4.69) is 0 Å². The summed E-state index contributed by atoms with van der Waals surface area (Å²) in [7, 11) is 0. The van der Waals surface area contributed by atoms with E-state index in [1.54, 1.807) is 13.0 Å². The van der Waals surface area contributed by atoms with E-state index in [-0.39, 0.29) is 5.92 Å². The number of ketones is 1. The fraction of sp³-hybridized carbons (Fsp3) is 0.600. The van der Waals surface area contributed by atoms with E-state index < -0.39 is 5.97 Å². The van der Waals surface area contributed by atoms with Crippen LogP contribution < -0.4 is 0 Å². The van der Waals surface area contributed by atoms with E-state index >= 15 is 0 Å². The van der Waals surface area contributed by atoms with Gasteiger partial charge in [-0.05, 0) is 25.7 Å². The van der Waals surface area contributed by atoms with E-state index in [0.717, 1.165) is 12.8 Å². The van der Waals surface area contributed by atoms with Gasteiger partial charge in [0.25, 0.3) is 0 Å². The van der Waals surface area contributed by atoms with Crippen molar-refractivity contribution in [1.29, 1.82) is 0 Å². The minimum Gasteiger partial charge on any atom is -0.478 e. The minimum absolute atomic E-state index is 0.286. The van der Waals surface area contributed by atoms with E-state index in [9.17, 15) is 9.59 Å². The topological polar surface area (TPSA) is 54.4 Å². The van der Waals surface area contributed by atoms with Crippen molar-refractivity contribution in [2.75, 3.05) is 0 Å². The summed E-state index contributed by atoms with van der Waals surface area (Å²) < 4.78 is 0. The van der Waals surface area contributed by atoms with Crippen molar-refractivity contribution in [1.82, 2.24) is 0 Å². The predicted molar refractivity (Wildman–Crippen MR) is 48.4 cm³/mol. The Morgan fingerprint density at radius 1 is 1.46 bits per heavy atom. The number of rotatable bonds is 2. The zero-order chi connectivity index (χ0) is 9.84. The van der Waals surface area contributed by atoms with Crippen LogP contribution in [0.1, 0.15) is 32.6 Å². The molecule has 1 aliphatic rings. The van der Waals surface area contributed by atoms with E-state index in [4.69, 9.17) is 5.11 Å². The number of carboxylic acid groups (broad SMARTS) is 1. The second kappa shape index (κ2) is 4.21. The number of allylic oxidation sites excluding steroid dienone is 1. The minimum atomic E-state index is -0.864. The van der Waals surface area contributed by atoms with Crippen LogP contribution in [-0.2, 0) is 9.59 Å². The zero-order valence-electron chi connectivity index (χ0n) is 7.75. The molecular formula is C10H14O3. The molecule has 0 atom stereocenters. The first kappa shape index (κ1) is 9.96. The molecule has 0 saturated heterocycles. The highest BCUT2D eigenvalue weighted by Gasteiger charge is 2.17. The first-order valence-corrected chi connectivity index (χ1v) is 4.53. The first-order valence-electron chi connectivity index (χ1n) is 4.53. The Bertz CT molecular complexity index is 243. The standard InChI is InChI=1S/C10H14O3/c1-7(10(12)13)6-8-2-4-9(11)5-3-8/h6,8H,2-5H2,1H3,(H,12,13). The molecule has 0 heterocycles. The molecule has 3 nitrogen and oxygen atoms in total. The normalized spacial score (nSPS) is 20.4. The van der Waals surface area contributed by atoms with Gasteiger partial charge in [-0.25, -0.2) is 4.79 Å². The van der Waals surface area contributed by atoms with E-state index in [1.165, 1.54) is 0 Å². The molecule has 72 valence electrons. The lowest BCUT2D eigenvalue weighted by molar-refractivity contribution is -0.132. The maximum absolute atomic E-state index is 10.9. The van der Waals surface area contributed by atoms with Gasteiger partial charge in [-0.1, -0.05) is 6.08 Å². The van der Waals surface area contributed by atoms with Crippen molar-refractivity contribution in [2.24, 2.45) is 5.92 Å². The zero-order valence-corrected chi connectivity index (χ0v) is 7.75. The van der Waals surface area contributed by atoms with Crippen LogP contribution in [0.3, 0.4) is 0 Å². The van der Waals surface area contributed by atoms with Crippen LogP contribution in [0, 0.1) is 5.92 Å². The maximum Gasteiger partial charge on any atom is 0.330 e. The number of carbonyl (C=O) groups excluding carboxylic acids is 1. The third kappa shape index (κ3) is 3.01. The second-order valence-corrected chi connectivity index (χ2v) is 3.53. The maximum atomic E-state index is 10.9. The number of hydrogen-bond donors (Lipinski definition) is 1. The monoisotopic (exact) mass is 182 g/mol. The molecule has 0 aromatic rings. The first-order chi connectivity index (χ1) is 6.09. The van der Waals surface area contributed by atoms with Gasteiger partial charge in [0, 0.05) is 18.4 Å². The highest BCUT2D eigenvalue weighted by molar-refractivity contribution is 5.86. The summed E-state index contributed by atoms with van der Waals surface area (Å²) in [5.41, 5.74) is 0.388. The van der Waals surface area contributed by atoms with E-state index in [1.807, 2.05) is 0 Å². The Hall–Kier alpha value is -1.12. The summed E-state index contributed by atoms with van der Waals surface area (Å²) in [5.74, 6) is -0.275. The number of hydrogen-bond acceptors (Lipinski definition) is 2. The smallest absolute Gasteiger partial charge is 0.330 e. The molecule has 13 heavy (non-hydrogen) atoms. The fourth-order valence-corrected chi connectivity index (χ4v) is 1.55. The third-order valence-corrected chi connectivity index (χ3v) is 2.41. The molecule has 3 heteroatoms. The Kier molecular flexibility index (Phi) is 3.23. The van der Waals surface area contributed by atoms with Crippen molar-refractivity contribution < 1.29 is 14.7 Å². The lowest BCUT2D eigenvalue weighted by atomic mass is 9.87. The van der Waals surface area contributed by atoms with Gasteiger partial charge in [-0.15, -0.1) is 0 Å². The van der Waals surface area contributed by atoms with Gasteiger partial charge in [-0.2, -0.15) is 0 Å². The van der Waals surface area contributed by atoms with Crippen LogP contribution in [0.5, 0.6) is 0 Å². The molecular weight excluding hydrogens is 168 g/mol. The average molecular weight is 182 g/mol. The van der Waals surface area contributed by atoms with Crippen molar-refractivity contribution in [2.45, 2.75) is 32.6 Å². The lowest BCUT2D eigenvalue weighted by Gasteiger charge is -2.17. The van der Waals surface area contributed by atoms with E-state index in [0.29, 0.717) is 24.2 Å². The highest BCUT2D eigenvalue weighted by atomic mass is 16.4.